The SMILES string of the molecule is CC(Oc1ccc(F)cc1)C(=O)N[C@@H](CC(N)=O)C(=O)O. The minimum atomic E-state index is -1.42. The zero-order valence-electron chi connectivity index (χ0n) is 11.2. The lowest BCUT2D eigenvalue weighted by Gasteiger charge is -2.18. The van der Waals surface area contributed by atoms with E-state index in [1.54, 1.807) is 0 Å². The van der Waals surface area contributed by atoms with Gasteiger partial charge >= 0.3 is 5.97 Å². The summed E-state index contributed by atoms with van der Waals surface area (Å²) in [5, 5.41) is 11.0. The van der Waals surface area contributed by atoms with Gasteiger partial charge in [-0.1, -0.05) is 0 Å². The van der Waals surface area contributed by atoms with Crippen molar-refractivity contribution in [3.05, 3.63) is 30.1 Å². The number of carbonyl (C=O) groups excluding carboxylic acids is 2. The van der Waals surface area contributed by atoms with E-state index < -0.39 is 42.2 Å². The Morgan fingerprint density at radius 1 is 1.33 bits per heavy atom. The van der Waals surface area contributed by atoms with E-state index in [1.807, 2.05) is 0 Å². The third kappa shape index (κ3) is 5.47. The smallest absolute Gasteiger partial charge is 0.326 e. The molecule has 0 aromatic heterocycles. The Morgan fingerprint density at radius 3 is 2.38 bits per heavy atom. The summed E-state index contributed by atoms with van der Waals surface area (Å²) in [4.78, 5) is 33.4. The van der Waals surface area contributed by atoms with Crippen LogP contribution in [0.3, 0.4) is 0 Å². The summed E-state index contributed by atoms with van der Waals surface area (Å²) in [5.41, 5.74) is 4.90. The van der Waals surface area contributed by atoms with Crippen LogP contribution in [0.1, 0.15) is 13.3 Å². The van der Waals surface area contributed by atoms with E-state index in [1.165, 1.54) is 19.1 Å². The molecule has 0 radical (unpaired) electrons. The molecule has 114 valence electrons. The number of ether oxygens (including phenoxy) is 1. The first-order valence-electron chi connectivity index (χ1n) is 6.03. The second kappa shape index (κ2) is 7.22. The van der Waals surface area contributed by atoms with Gasteiger partial charge < -0.3 is 20.9 Å². The maximum Gasteiger partial charge on any atom is 0.326 e. The molecule has 7 nitrogen and oxygen atoms in total. The normalized spacial score (nSPS) is 13.0. The Kier molecular flexibility index (Phi) is 5.65. The Hall–Kier alpha value is -2.64. The molecule has 0 saturated heterocycles. The van der Waals surface area contributed by atoms with E-state index in [4.69, 9.17) is 15.6 Å². The number of rotatable bonds is 7. The lowest BCUT2D eigenvalue weighted by atomic mass is 10.2. The van der Waals surface area contributed by atoms with Crippen LogP contribution in [0.4, 0.5) is 4.39 Å². The number of primary amides is 1. The van der Waals surface area contributed by atoms with Crippen LogP contribution in [0.15, 0.2) is 24.3 Å². The van der Waals surface area contributed by atoms with Gasteiger partial charge in [0.05, 0.1) is 6.42 Å². The first-order valence-corrected chi connectivity index (χ1v) is 6.03. The lowest BCUT2D eigenvalue weighted by molar-refractivity contribution is -0.144. The standard InChI is InChI=1S/C13H15FN2O5/c1-7(21-9-4-2-8(14)3-5-9)12(18)16-10(13(19)20)6-11(15)17/h2-5,7,10H,6H2,1H3,(H2,15,17)(H,16,18)(H,19,20)/t7?,10-/m0/s1. The molecular formula is C13H15FN2O5. The molecule has 21 heavy (non-hydrogen) atoms. The van der Waals surface area contributed by atoms with Gasteiger partial charge in [0.1, 0.15) is 17.6 Å². The Bertz CT molecular complexity index is 532. The van der Waals surface area contributed by atoms with Gasteiger partial charge in [0.25, 0.3) is 5.91 Å². The summed E-state index contributed by atoms with van der Waals surface area (Å²) >= 11 is 0. The number of nitrogens with one attached hydrogen (secondary N) is 1. The van der Waals surface area contributed by atoms with Crippen molar-refractivity contribution in [2.75, 3.05) is 0 Å². The molecule has 0 aliphatic rings. The van der Waals surface area contributed by atoms with Crippen molar-refractivity contribution in [1.82, 2.24) is 5.32 Å². The molecule has 1 rings (SSSR count). The summed E-state index contributed by atoms with van der Waals surface area (Å²) in [7, 11) is 0. The van der Waals surface area contributed by atoms with Crippen molar-refractivity contribution in [2.45, 2.75) is 25.5 Å². The molecule has 0 spiro atoms. The minimum absolute atomic E-state index is 0.251. The monoisotopic (exact) mass is 298 g/mol. The van der Waals surface area contributed by atoms with Gasteiger partial charge in [0.2, 0.25) is 5.91 Å². The molecule has 1 aromatic carbocycles. The van der Waals surface area contributed by atoms with Gasteiger partial charge in [0.15, 0.2) is 6.10 Å². The molecule has 0 aliphatic heterocycles. The first kappa shape index (κ1) is 16.4. The molecule has 0 fully saturated rings. The largest absolute Gasteiger partial charge is 0.481 e. The van der Waals surface area contributed by atoms with E-state index in [2.05, 4.69) is 5.32 Å². The van der Waals surface area contributed by atoms with Crippen LogP contribution in [0.5, 0.6) is 5.75 Å². The van der Waals surface area contributed by atoms with Gasteiger partial charge in [-0.15, -0.1) is 0 Å². The van der Waals surface area contributed by atoms with E-state index >= 15 is 0 Å². The lowest BCUT2D eigenvalue weighted by Crippen LogP contribution is -2.47. The van der Waals surface area contributed by atoms with Crippen LogP contribution in [-0.4, -0.2) is 35.0 Å². The number of halogens is 1. The second-order valence-electron chi connectivity index (χ2n) is 4.28. The molecule has 2 atom stereocenters. The topological polar surface area (TPSA) is 119 Å². The van der Waals surface area contributed by atoms with Crippen LogP contribution in [-0.2, 0) is 14.4 Å². The molecular weight excluding hydrogens is 283 g/mol. The van der Waals surface area contributed by atoms with Crippen molar-refractivity contribution >= 4 is 17.8 Å². The number of carboxylic acids is 1. The second-order valence-corrected chi connectivity index (χ2v) is 4.28. The minimum Gasteiger partial charge on any atom is -0.481 e. The summed E-state index contributed by atoms with van der Waals surface area (Å²) in [6, 6.07) is 3.56. The van der Waals surface area contributed by atoms with Gasteiger partial charge in [-0.05, 0) is 31.2 Å². The van der Waals surface area contributed by atoms with E-state index in [0.29, 0.717) is 0 Å². The summed E-state index contributed by atoms with van der Waals surface area (Å²) in [6.45, 7) is 1.39. The van der Waals surface area contributed by atoms with Crippen molar-refractivity contribution < 1.29 is 28.6 Å². The number of amides is 2. The average Bonchev–Trinajstić information content (AvgIpc) is 2.39. The van der Waals surface area contributed by atoms with Crippen molar-refractivity contribution in [1.29, 1.82) is 0 Å². The first-order chi connectivity index (χ1) is 9.79. The highest BCUT2D eigenvalue weighted by atomic mass is 19.1. The van der Waals surface area contributed by atoms with Gasteiger partial charge in [-0.25, -0.2) is 9.18 Å². The molecule has 4 N–H and O–H groups in total. The number of carboxylic acid groups (broad SMARTS) is 1. The highest BCUT2D eigenvalue weighted by Gasteiger charge is 2.25. The number of carbonyl (C=O) groups is 3. The molecule has 8 heteroatoms. The maximum absolute atomic E-state index is 12.7. The fourth-order valence-corrected chi connectivity index (χ4v) is 1.46. The third-order valence-electron chi connectivity index (χ3n) is 2.52. The Labute approximate surface area is 119 Å². The molecule has 0 bridgehead atoms. The zero-order valence-corrected chi connectivity index (χ0v) is 11.2. The summed E-state index contributed by atoms with van der Waals surface area (Å²) in [5.74, 6) is -3.16. The van der Waals surface area contributed by atoms with E-state index in [-0.39, 0.29) is 5.75 Å². The fourth-order valence-electron chi connectivity index (χ4n) is 1.46. The third-order valence-corrected chi connectivity index (χ3v) is 2.52. The molecule has 0 saturated carbocycles. The van der Waals surface area contributed by atoms with Crippen LogP contribution < -0.4 is 15.8 Å². The van der Waals surface area contributed by atoms with E-state index in [9.17, 15) is 18.8 Å². The highest BCUT2D eigenvalue weighted by Crippen LogP contribution is 2.13. The van der Waals surface area contributed by atoms with Crippen LogP contribution >= 0.6 is 0 Å². The van der Waals surface area contributed by atoms with Crippen LogP contribution in [0, 0.1) is 5.82 Å². The number of aliphatic carboxylic acids is 1. The molecule has 0 aliphatic carbocycles. The Morgan fingerprint density at radius 2 is 1.90 bits per heavy atom. The number of nitrogens with two attached hydrogens (primary N) is 1. The number of benzene rings is 1. The maximum atomic E-state index is 12.7. The van der Waals surface area contributed by atoms with Crippen molar-refractivity contribution in [2.24, 2.45) is 5.73 Å². The molecule has 2 amide bonds. The van der Waals surface area contributed by atoms with Crippen molar-refractivity contribution in [3.63, 3.8) is 0 Å². The van der Waals surface area contributed by atoms with Crippen molar-refractivity contribution in [3.8, 4) is 5.75 Å². The molecule has 1 aromatic rings. The Balaban J connectivity index is 2.62. The van der Waals surface area contributed by atoms with Crippen LogP contribution in [0.25, 0.3) is 0 Å². The predicted octanol–water partition coefficient (Wildman–Crippen LogP) is 0.0378. The molecule has 1 unspecified atom stereocenters. The highest BCUT2D eigenvalue weighted by molar-refractivity contribution is 5.89. The quantitative estimate of drug-likeness (QED) is 0.656. The van der Waals surface area contributed by atoms with Gasteiger partial charge in [-0.3, -0.25) is 9.59 Å². The van der Waals surface area contributed by atoms with Gasteiger partial charge in [-0.2, -0.15) is 0 Å². The summed E-state index contributed by atoms with van der Waals surface area (Å²) in [6.07, 6.45) is -1.55. The fraction of sp³-hybridized carbons (Fsp3) is 0.308. The zero-order chi connectivity index (χ0) is 16.0. The molecule has 0 heterocycles. The van der Waals surface area contributed by atoms with Gasteiger partial charge in [0, 0.05) is 0 Å². The average molecular weight is 298 g/mol. The van der Waals surface area contributed by atoms with Crippen LogP contribution in [0.2, 0.25) is 0 Å². The van der Waals surface area contributed by atoms with E-state index in [0.717, 1.165) is 12.1 Å². The number of hydrogen-bond donors (Lipinski definition) is 3. The number of hydrogen-bond acceptors (Lipinski definition) is 4. The summed E-state index contributed by atoms with van der Waals surface area (Å²) < 4.78 is 18.0. The predicted molar refractivity (Wildman–Crippen MR) is 69.9 cm³/mol.